The molecule has 0 aliphatic heterocycles. The molecular weight excluding hydrogens is 326 g/mol. The second kappa shape index (κ2) is 8.78. The molecule has 1 aromatic heterocycles. The molecule has 1 atom stereocenters. The van der Waals surface area contributed by atoms with Crippen molar-refractivity contribution in [3.05, 3.63) is 90.3 Å². The Morgan fingerprint density at radius 2 is 1.85 bits per heavy atom. The van der Waals surface area contributed by atoms with Gasteiger partial charge < -0.3 is 10.1 Å². The van der Waals surface area contributed by atoms with Crippen LogP contribution in [0.1, 0.15) is 17.3 Å². The number of aromatic nitrogens is 1. The van der Waals surface area contributed by atoms with E-state index in [-0.39, 0.29) is 5.91 Å². The fourth-order valence-corrected chi connectivity index (χ4v) is 2.63. The van der Waals surface area contributed by atoms with Crippen molar-refractivity contribution in [1.82, 2.24) is 10.3 Å². The highest BCUT2D eigenvalue weighted by molar-refractivity contribution is 5.95. The maximum absolute atomic E-state index is 12.9. The number of anilines is 1. The van der Waals surface area contributed by atoms with Crippen LogP contribution in [-0.4, -0.2) is 18.0 Å². The van der Waals surface area contributed by atoms with E-state index in [2.05, 4.69) is 15.6 Å². The highest BCUT2D eigenvalue weighted by Crippen LogP contribution is 2.20. The first-order valence-electron chi connectivity index (χ1n) is 8.39. The molecule has 0 radical (unpaired) electrons. The molecule has 1 unspecified atom stereocenters. The van der Waals surface area contributed by atoms with Gasteiger partial charge in [-0.3, -0.25) is 15.1 Å². The number of nitrogens with zero attached hydrogens (tertiary/aromatic N) is 1. The standard InChI is InChI=1S/C21H21N3O2/c1-26-19-12-7-11-17(14-19)24-21(25)20(16-8-3-2-4-9-16)23-15-18-10-5-6-13-22-18/h2-14,20,23H,15H2,1H3,(H,24,25). The summed E-state index contributed by atoms with van der Waals surface area (Å²) < 4.78 is 5.21. The Balaban J connectivity index is 1.76. The van der Waals surface area contributed by atoms with Crippen molar-refractivity contribution in [2.24, 2.45) is 0 Å². The molecule has 26 heavy (non-hydrogen) atoms. The predicted molar refractivity (Wildman–Crippen MR) is 102 cm³/mol. The second-order valence-electron chi connectivity index (χ2n) is 5.77. The van der Waals surface area contributed by atoms with Gasteiger partial charge in [0, 0.05) is 24.5 Å². The van der Waals surface area contributed by atoms with E-state index in [0.717, 1.165) is 11.3 Å². The van der Waals surface area contributed by atoms with Gasteiger partial charge in [0.1, 0.15) is 11.8 Å². The number of nitrogens with one attached hydrogen (secondary N) is 2. The maximum Gasteiger partial charge on any atom is 0.246 e. The van der Waals surface area contributed by atoms with Gasteiger partial charge in [0.05, 0.1) is 12.8 Å². The van der Waals surface area contributed by atoms with Gasteiger partial charge in [-0.1, -0.05) is 42.5 Å². The van der Waals surface area contributed by atoms with Crippen LogP contribution in [-0.2, 0) is 11.3 Å². The first-order chi connectivity index (χ1) is 12.8. The fourth-order valence-electron chi connectivity index (χ4n) is 2.63. The van der Waals surface area contributed by atoms with Crippen LogP contribution in [0.2, 0.25) is 0 Å². The van der Waals surface area contributed by atoms with Gasteiger partial charge in [-0.15, -0.1) is 0 Å². The average Bonchev–Trinajstić information content (AvgIpc) is 2.70. The van der Waals surface area contributed by atoms with Gasteiger partial charge in [-0.25, -0.2) is 0 Å². The summed E-state index contributed by atoms with van der Waals surface area (Å²) in [5, 5.41) is 6.24. The lowest BCUT2D eigenvalue weighted by molar-refractivity contribution is -0.118. The van der Waals surface area contributed by atoms with Crippen LogP contribution < -0.4 is 15.4 Å². The smallest absolute Gasteiger partial charge is 0.246 e. The Kier molecular flexibility index (Phi) is 5.96. The van der Waals surface area contributed by atoms with E-state index in [4.69, 9.17) is 4.74 Å². The lowest BCUT2D eigenvalue weighted by Gasteiger charge is -2.19. The van der Waals surface area contributed by atoms with Gasteiger partial charge in [0.2, 0.25) is 5.91 Å². The zero-order valence-corrected chi connectivity index (χ0v) is 14.6. The van der Waals surface area contributed by atoms with E-state index < -0.39 is 6.04 Å². The molecule has 3 aromatic rings. The summed E-state index contributed by atoms with van der Waals surface area (Å²) in [5.41, 5.74) is 2.46. The minimum absolute atomic E-state index is 0.139. The largest absolute Gasteiger partial charge is 0.497 e. The quantitative estimate of drug-likeness (QED) is 0.686. The van der Waals surface area contributed by atoms with Crippen molar-refractivity contribution in [2.45, 2.75) is 12.6 Å². The number of hydrogen-bond donors (Lipinski definition) is 2. The van der Waals surface area contributed by atoms with Gasteiger partial charge in [0.15, 0.2) is 0 Å². The van der Waals surface area contributed by atoms with E-state index in [9.17, 15) is 4.79 Å². The number of pyridine rings is 1. The first kappa shape index (κ1) is 17.6. The van der Waals surface area contributed by atoms with Crippen LogP contribution in [0.15, 0.2) is 79.0 Å². The summed E-state index contributed by atoms with van der Waals surface area (Å²) in [6.45, 7) is 0.492. The summed E-state index contributed by atoms with van der Waals surface area (Å²) in [6.07, 6.45) is 1.74. The highest BCUT2D eigenvalue weighted by atomic mass is 16.5. The van der Waals surface area contributed by atoms with Crippen LogP contribution in [0.25, 0.3) is 0 Å². The molecule has 0 fully saturated rings. The van der Waals surface area contributed by atoms with Crippen molar-refractivity contribution >= 4 is 11.6 Å². The van der Waals surface area contributed by atoms with Crippen LogP contribution in [0, 0.1) is 0 Å². The van der Waals surface area contributed by atoms with Crippen molar-refractivity contribution in [3.63, 3.8) is 0 Å². The van der Waals surface area contributed by atoms with E-state index in [1.54, 1.807) is 19.4 Å². The molecule has 1 amide bonds. The summed E-state index contributed by atoms with van der Waals surface area (Å²) >= 11 is 0. The predicted octanol–water partition coefficient (Wildman–Crippen LogP) is 3.56. The van der Waals surface area contributed by atoms with Crippen LogP contribution in [0.4, 0.5) is 5.69 Å². The lowest BCUT2D eigenvalue weighted by atomic mass is 10.1. The van der Waals surface area contributed by atoms with Crippen molar-refractivity contribution < 1.29 is 9.53 Å². The number of methoxy groups -OCH3 is 1. The highest BCUT2D eigenvalue weighted by Gasteiger charge is 2.20. The Morgan fingerprint density at radius 1 is 1.04 bits per heavy atom. The molecule has 0 saturated heterocycles. The van der Waals surface area contributed by atoms with E-state index in [1.165, 1.54) is 0 Å². The van der Waals surface area contributed by atoms with Gasteiger partial charge in [-0.05, 0) is 29.8 Å². The monoisotopic (exact) mass is 347 g/mol. The van der Waals surface area contributed by atoms with E-state index in [1.807, 2.05) is 66.7 Å². The third kappa shape index (κ3) is 4.68. The van der Waals surface area contributed by atoms with Gasteiger partial charge in [0.25, 0.3) is 0 Å². The fraction of sp³-hybridized carbons (Fsp3) is 0.143. The molecule has 132 valence electrons. The lowest BCUT2D eigenvalue weighted by Crippen LogP contribution is -2.33. The van der Waals surface area contributed by atoms with Crippen molar-refractivity contribution in [2.75, 3.05) is 12.4 Å². The number of carbonyl (C=O) groups is 1. The zero-order valence-electron chi connectivity index (χ0n) is 14.6. The third-order valence-corrected chi connectivity index (χ3v) is 3.95. The van der Waals surface area contributed by atoms with Gasteiger partial charge in [-0.2, -0.15) is 0 Å². The second-order valence-corrected chi connectivity index (χ2v) is 5.77. The van der Waals surface area contributed by atoms with Crippen molar-refractivity contribution in [3.8, 4) is 5.75 Å². The van der Waals surface area contributed by atoms with Crippen molar-refractivity contribution in [1.29, 1.82) is 0 Å². The first-order valence-corrected chi connectivity index (χ1v) is 8.39. The number of benzene rings is 2. The maximum atomic E-state index is 12.9. The summed E-state index contributed by atoms with van der Waals surface area (Å²) in [4.78, 5) is 17.2. The number of rotatable bonds is 7. The molecule has 0 bridgehead atoms. The van der Waals surface area contributed by atoms with Gasteiger partial charge >= 0.3 is 0 Å². The summed E-state index contributed by atoms with van der Waals surface area (Å²) in [7, 11) is 1.60. The zero-order chi connectivity index (χ0) is 18.2. The molecule has 5 nitrogen and oxygen atoms in total. The van der Waals surface area contributed by atoms with E-state index in [0.29, 0.717) is 18.0 Å². The third-order valence-electron chi connectivity index (χ3n) is 3.95. The Morgan fingerprint density at radius 3 is 2.58 bits per heavy atom. The molecule has 0 aliphatic rings. The molecule has 3 rings (SSSR count). The number of amides is 1. The molecule has 5 heteroatoms. The number of carbonyl (C=O) groups excluding carboxylic acids is 1. The SMILES string of the molecule is COc1cccc(NC(=O)C(NCc2ccccn2)c2ccccc2)c1. The molecule has 0 aliphatic carbocycles. The Labute approximate surface area is 153 Å². The molecule has 0 saturated carbocycles. The minimum Gasteiger partial charge on any atom is -0.497 e. The van der Waals surface area contributed by atoms with Crippen LogP contribution >= 0.6 is 0 Å². The van der Waals surface area contributed by atoms with Crippen LogP contribution in [0.5, 0.6) is 5.75 Å². The normalized spacial score (nSPS) is 11.6. The Bertz CT molecular complexity index is 838. The summed E-state index contributed by atoms with van der Waals surface area (Å²) in [6, 6.07) is 22.2. The molecule has 0 spiro atoms. The minimum atomic E-state index is -0.496. The molecule has 1 heterocycles. The Hall–Kier alpha value is -3.18. The molecule has 2 aromatic carbocycles. The average molecular weight is 347 g/mol. The van der Waals surface area contributed by atoms with Crippen LogP contribution in [0.3, 0.4) is 0 Å². The van der Waals surface area contributed by atoms with E-state index >= 15 is 0 Å². The summed E-state index contributed by atoms with van der Waals surface area (Å²) in [5.74, 6) is 0.556. The topological polar surface area (TPSA) is 63.2 Å². The molecular formula is C21H21N3O2. The molecule has 2 N–H and O–H groups in total. The number of hydrogen-bond acceptors (Lipinski definition) is 4. The number of ether oxygens (including phenoxy) is 1.